The minimum atomic E-state index is -0.0470. The first-order valence-electron chi connectivity index (χ1n) is 11.3. The van der Waals surface area contributed by atoms with E-state index in [4.69, 9.17) is 0 Å². The lowest BCUT2D eigenvalue weighted by molar-refractivity contribution is -0.248. The molecule has 2 unspecified atom stereocenters. The van der Waals surface area contributed by atoms with Crippen molar-refractivity contribution in [1.29, 1.82) is 0 Å². The molecule has 0 spiro atoms. The van der Waals surface area contributed by atoms with Crippen molar-refractivity contribution in [2.75, 3.05) is 39.3 Å². The summed E-state index contributed by atoms with van der Waals surface area (Å²) in [6.45, 7) is 16.5. The Morgan fingerprint density at radius 1 is 1.07 bits per heavy atom. The third-order valence-corrected chi connectivity index (χ3v) is 8.96. The molecule has 0 aromatic heterocycles. The number of hydrogen-bond donors (Lipinski definition) is 1. The second-order valence-electron chi connectivity index (χ2n) is 11.5. The molecular formula is C23H39N3O2. The molecule has 5 heteroatoms. The monoisotopic (exact) mass is 389 g/mol. The zero-order valence-corrected chi connectivity index (χ0v) is 18.6. The van der Waals surface area contributed by atoms with E-state index >= 15 is 0 Å². The molecule has 2 bridgehead atoms. The van der Waals surface area contributed by atoms with E-state index in [9.17, 15) is 9.59 Å². The van der Waals surface area contributed by atoms with Crippen LogP contribution in [0.25, 0.3) is 0 Å². The van der Waals surface area contributed by atoms with Crippen LogP contribution in [0, 0.1) is 27.6 Å². The van der Waals surface area contributed by atoms with E-state index in [1.807, 2.05) is 0 Å². The van der Waals surface area contributed by atoms with Gasteiger partial charge in [-0.1, -0.05) is 34.6 Å². The van der Waals surface area contributed by atoms with Gasteiger partial charge < -0.3 is 10.2 Å². The molecule has 5 nitrogen and oxygen atoms in total. The van der Waals surface area contributed by atoms with Gasteiger partial charge in [-0.05, 0) is 48.3 Å². The molecule has 5 rings (SSSR count). The summed E-state index contributed by atoms with van der Waals surface area (Å²) in [5.74, 6) is 0.904. The van der Waals surface area contributed by atoms with Gasteiger partial charge in [-0.15, -0.1) is 0 Å². The molecule has 158 valence electrons. The van der Waals surface area contributed by atoms with Crippen molar-refractivity contribution in [3.63, 3.8) is 0 Å². The van der Waals surface area contributed by atoms with Crippen molar-refractivity contribution in [3.05, 3.63) is 0 Å². The lowest BCUT2D eigenvalue weighted by atomic mass is 9.29. The molecule has 2 atom stereocenters. The summed E-state index contributed by atoms with van der Waals surface area (Å²) in [7, 11) is 0. The Morgan fingerprint density at radius 3 is 2.18 bits per heavy atom. The van der Waals surface area contributed by atoms with Crippen LogP contribution in [0.3, 0.4) is 0 Å². The normalized spacial score (nSPS) is 39.8. The van der Waals surface area contributed by atoms with Crippen molar-refractivity contribution in [2.24, 2.45) is 27.6 Å². The molecule has 0 aromatic rings. The third kappa shape index (κ3) is 3.09. The highest BCUT2D eigenvalue weighted by molar-refractivity contribution is 5.86. The Hall–Kier alpha value is -1.10. The average molecular weight is 390 g/mol. The fourth-order valence-corrected chi connectivity index (χ4v) is 5.94. The van der Waals surface area contributed by atoms with Crippen molar-refractivity contribution in [3.8, 4) is 0 Å². The SMILES string of the molecule is CCC1(C)CC1C(=O)N1CCN(CCNC(=O)C23CC(C(C)(C)C)(C2)C3)CC1. The maximum absolute atomic E-state index is 12.6. The van der Waals surface area contributed by atoms with Crippen LogP contribution in [0.2, 0.25) is 0 Å². The van der Waals surface area contributed by atoms with Crippen LogP contribution < -0.4 is 5.32 Å². The zero-order chi connectivity index (χ0) is 20.4. The number of rotatable bonds is 6. The number of hydrogen-bond acceptors (Lipinski definition) is 3. The first-order valence-corrected chi connectivity index (χ1v) is 11.3. The quantitative estimate of drug-likeness (QED) is 0.760. The molecule has 5 fully saturated rings. The Bertz CT molecular complexity index is 639. The summed E-state index contributed by atoms with van der Waals surface area (Å²) in [6, 6.07) is 0. The Labute approximate surface area is 170 Å². The summed E-state index contributed by atoms with van der Waals surface area (Å²) >= 11 is 0. The first kappa shape index (κ1) is 20.2. The molecule has 4 aliphatic carbocycles. The van der Waals surface area contributed by atoms with E-state index in [2.05, 4.69) is 49.7 Å². The highest BCUT2D eigenvalue weighted by Crippen LogP contribution is 2.79. The summed E-state index contributed by atoms with van der Waals surface area (Å²) in [4.78, 5) is 29.7. The Kier molecular flexibility index (Phi) is 4.65. The number of piperazine rings is 1. The fourth-order valence-electron chi connectivity index (χ4n) is 5.94. The van der Waals surface area contributed by atoms with Gasteiger partial charge in [0.2, 0.25) is 11.8 Å². The number of nitrogens with zero attached hydrogens (tertiary/aromatic N) is 2. The van der Waals surface area contributed by atoms with Gasteiger partial charge in [-0.3, -0.25) is 14.5 Å². The molecule has 1 N–H and O–H groups in total. The van der Waals surface area contributed by atoms with Crippen LogP contribution in [0.15, 0.2) is 0 Å². The minimum Gasteiger partial charge on any atom is -0.354 e. The Morgan fingerprint density at radius 2 is 1.68 bits per heavy atom. The summed E-state index contributed by atoms with van der Waals surface area (Å²) in [5.41, 5.74) is 0.948. The van der Waals surface area contributed by atoms with E-state index in [-0.39, 0.29) is 22.7 Å². The maximum atomic E-state index is 12.6. The average Bonchev–Trinajstić information content (AvgIpc) is 3.23. The van der Waals surface area contributed by atoms with Crippen molar-refractivity contribution >= 4 is 11.8 Å². The summed E-state index contributed by atoms with van der Waals surface area (Å²) < 4.78 is 0. The number of nitrogens with one attached hydrogen (secondary N) is 1. The molecule has 4 saturated carbocycles. The van der Waals surface area contributed by atoms with Crippen LogP contribution in [0.1, 0.15) is 66.7 Å². The molecule has 1 heterocycles. The van der Waals surface area contributed by atoms with Gasteiger partial charge in [-0.25, -0.2) is 0 Å². The molecule has 2 amide bonds. The standard InChI is InChI=1S/C23H39N3O2/c1-6-21(5)13-17(21)18(27)26-11-9-25(10-12-26)8-7-24-19(28)22-14-23(15-22,16-22)20(2,3)4/h17H,6-16H2,1-5H3,(H,24,28). The largest absolute Gasteiger partial charge is 0.354 e. The van der Waals surface area contributed by atoms with Gasteiger partial charge in [0, 0.05) is 45.2 Å². The Balaban J connectivity index is 1.14. The first-order chi connectivity index (χ1) is 13.0. The van der Waals surface area contributed by atoms with Gasteiger partial charge in [0.25, 0.3) is 0 Å². The van der Waals surface area contributed by atoms with E-state index in [0.29, 0.717) is 16.7 Å². The summed E-state index contributed by atoms with van der Waals surface area (Å²) in [5, 5.41) is 3.20. The van der Waals surface area contributed by atoms with Gasteiger partial charge >= 0.3 is 0 Å². The highest BCUT2D eigenvalue weighted by atomic mass is 16.2. The topological polar surface area (TPSA) is 52.7 Å². The van der Waals surface area contributed by atoms with E-state index in [1.54, 1.807) is 0 Å². The highest BCUT2D eigenvalue weighted by Gasteiger charge is 2.74. The summed E-state index contributed by atoms with van der Waals surface area (Å²) in [6.07, 6.45) is 5.39. The molecule has 1 saturated heterocycles. The number of carbonyl (C=O) groups excluding carboxylic acids is 2. The predicted octanol–water partition coefficient (Wildman–Crippen LogP) is 2.90. The maximum Gasteiger partial charge on any atom is 0.226 e. The molecule has 5 aliphatic rings. The number of amides is 2. The van der Waals surface area contributed by atoms with E-state index in [1.165, 1.54) is 0 Å². The van der Waals surface area contributed by atoms with Gasteiger partial charge in [0.1, 0.15) is 0 Å². The van der Waals surface area contributed by atoms with Crippen molar-refractivity contribution < 1.29 is 9.59 Å². The van der Waals surface area contributed by atoms with Crippen molar-refractivity contribution in [2.45, 2.75) is 66.7 Å². The number of carbonyl (C=O) groups is 2. The zero-order valence-electron chi connectivity index (χ0n) is 18.6. The van der Waals surface area contributed by atoms with Gasteiger partial charge in [-0.2, -0.15) is 0 Å². The minimum absolute atomic E-state index is 0.0470. The molecule has 0 aromatic carbocycles. The predicted molar refractivity (Wildman–Crippen MR) is 111 cm³/mol. The lowest BCUT2D eigenvalue weighted by Gasteiger charge is -2.74. The van der Waals surface area contributed by atoms with E-state index < -0.39 is 0 Å². The second-order valence-corrected chi connectivity index (χ2v) is 11.5. The van der Waals surface area contributed by atoms with Crippen LogP contribution >= 0.6 is 0 Å². The molecule has 28 heavy (non-hydrogen) atoms. The molecule has 1 aliphatic heterocycles. The van der Waals surface area contributed by atoms with Gasteiger partial charge in [0.05, 0.1) is 5.41 Å². The lowest BCUT2D eigenvalue weighted by Crippen LogP contribution is -2.71. The van der Waals surface area contributed by atoms with Crippen molar-refractivity contribution in [1.82, 2.24) is 15.1 Å². The second kappa shape index (κ2) is 6.45. The fraction of sp³-hybridized carbons (Fsp3) is 0.913. The van der Waals surface area contributed by atoms with Crippen LogP contribution in [0.5, 0.6) is 0 Å². The third-order valence-electron chi connectivity index (χ3n) is 8.96. The van der Waals surface area contributed by atoms with Gasteiger partial charge in [0.15, 0.2) is 0 Å². The smallest absolute Gasteiger partial charge is 0.226 e. The molecule has 0 radical (unpaired) electrons. The van der Waals surface area contributed by atoms with Crippen LogP contribution in [-0.2, 0) is 9.59 Å². The van der Waals surface area contributed by atoms with Crippen LogP contribution in [-0.4, -0.2) is 60.9 Å². The molecular weight excluding hydrogens is 350 g/mol. The van der Waals surface area contributed by atoms with Crippen LogP contribution in [0.4, 0.5) is 0 Å². The van der Waals surface area contributed by atoms with E-state index in [0.717, 1.165) is 71.4 Å².